The number of nitrogens with one attached hydrogen (secondary N) is 1. The molecule has 25 heavy (non-hydrogen) atoms. The summed E-state index contributed by atoms with van der Waals surface area (Å²) in [6.45, 7) is 3.70. The van der Waals surface area contributed by atoms with Gasteiger partial charge in [0.25, 0.3) is 0 Å². The van der Waals surface area contributed by atoms with Crippen molar-refractivity contribution < 1.29 is 14.3 Å². The zero-order chi connectivity index (χ0) is 17.6. The van der Waals surface area contributed by atoms with Gasteiger partial charge in [0.05, 0.1) is 25.8 Å². The lowest BCUT2D eigenvalue weighted by Gasteiger charge is -2.34. The minimum absolute atomic E-state index is 0.0237. The van der Waals surface area contributed by atoms with Crippen LogP contribution < -0.4 is 5.32 Å². The molecule has 3 rings (SSSR count). The average Bonchev–Trinajstić information content (AvgIpc) is 3.15. The number of rotatable bonds is 4. The van der Waals surface area contributed by atoms with Gasteiger partial charge in [-0.3, -0.25) is 9.59 Å². The molecule has 0 aromatic heterocycles. The van der Waals surface area contributed by atoms with Crippen LogP contribution in [0.3, 0.4) is 0 Å². The predicted octanol–water partition coefficient (Wildman–Crippen LogP) is 0.508. The van der Waals surface area contributed by atoms with Crippen LogP contribution in [0.4, 0.5) is 0 Å². The first-order chi connectivity index (χ1) is 12.2. The fourth-order valence-corrected chi connectivity index (χ4v) is 4.12. The second-order valence-electron chi connectivity index (χ2n) is 7.24. The number of ether oxygens (including phenoxy) is 1. The molecule has 2 amide bonds. The van der Waals surface area contributed by atoms with Crippen LogP contribution in [0.5, 0.6) is 0 Å². The molecule has 0 radical (unpaired) electrons. The van der Waals surface area contributed by atoms with Crippen LogP contribution in [0.15, 0.2) is 0 Å². The van der Waals surface area contributed by atoms with Gasteiger partial charge in [-0.25, -0.2) is 0 Å². The van der Waals surface area contributed by atoms with Crippen molar-refractivity contribution in [1.29, 1.82) is 5.26 Å². The molecule has 1 aliphatic carbocycles. The molecule has 7 heteroatoms. The molecule has 138 valence electrons. The Balaban J connectivity index is 1.38. The van der Waals surface area contributed by atoms with Crippen LogP contribution in [0.1, 0.15) is 38.5 Å². The highest BCUT2D eigenvalue weighted by molar-refractivity contribution is 5.79. The molecular weight excluding hydrogens is 320 g/mol. The first kappa shape index (κ1) is 18.2. The van der Waals surface area contributed by atoms with E-state index < -0.39 is 0 Å². The van der Waals surface area contributed by atoms with E-state index in [1.165, 1.54) is 0 Å². The topological polar surface area (TPSA) is 85.7 Å². The summed E-state index contributed by atoms with van der Waals surface area (Å²) in [5.41, 5.74) is 0. The molecule has 7 nitrogen and oxygen atoms in total. The summed E-state index contributed by atoms with van der Waals surface area (Å²) < 4.78 is 5.31. The quantitative estimate of drug-likeness (QED) is 0.800. The van der Waals surface area contributed by atoms with E-state index in [2.05, 4.69) is 11.4 Å². The van der Waals surface area contributed by atoms with Crippen LogP contribution in [0.2, 0.25) is 0 Å². The molecule has 0 bridgehead atoms. The normalized spacial score (nSPS) is 30.1. The Hall–Kier alpha value is -1.65. The van der Waals surface area contributed by atoms with Crippen LogP contribution >= 0.6 is 0 Å². The van der Waals surface area contributed by atoms with Crippen LogP contribution in [0.25, 0.3) is 0 Å². The Kier molecular flexibility index (Phi) is 6.27. The Morgan fingerprint density at radius 2 is 1.80 bits per heavy atom. The van der Waals surface area contributed by atoms with Gasteiger partial charge in [-0.05, 0) is 38.5 Å². The van der Waals surface area contributed by atoms with Crippen molar-refractivity contribution in [2.75, 3.05) is 39.4 Å². The van der Waals surface area contributed by atoms with Gasteiger partial charge >= 0.3 is 0 Å². The highest BCUT2D eigenvalue weighted by atomic mass is 16.5. The molecular formula is C18H28N4O3. The highest BCUT2D eigenvalue weighted by Gasteiger charge is 2.31. The van der Waals surface area contributed by atoms with Gasteiger partial charge in [0, 0.05) is 31.6 Å². The van der Waals surface area contributed by atoms with Crippen molar-refractivity contribution in [3.8, 4) is 6.07 Å². The van der Waals surface area contributed by atoms with Gasteiger partial charge in [0.2, 0.25) is 11.8 Å². The van der Waals surface area contributed by atoms with E-state index >= 15 is 0 Å². The SMILES string of the molecule is N#CC1CCCN1C(=O)CNC1CCC(C(=O)N2CCOCC2)CC1. The van der Waals surface area contributed by atoms with Gasteiger partial charge in [-0.1, -0.05) is 0 Å². The second kappa shape index (κ2) is 8.63. The number of nitriles is 1. The van der Waals surface area contributed by atoms with Crippen molar-refractivity contribution in [2.45, 2.75) is 50.6 Å². The summed E-state index contributed by atoms with van der Waals surface area (Å²) in [6, 6.07) is 2.25. The molecule has 1 unspecified atom stereocenters. The summed E-state index contributed by atoms with van der Waals surface area (Å²) >= 11 is 0. The van der Waals surface area contributed by atoms with Crippen molar-refractivity contribution in [3.63, 3.8) is 0 Å². The van der Waals surface area contributed by atoms with E-state index in [9.17, 15) is 9.59 Å². The molecule has 1 atom stereocenters. The Labute approximate surface area is 149 Å². The molecule has 2 saturated heterocycles. The third-order valence-corrected chi connectivity index (χ3v) is 5.66. The van der Waals surface area contributed by atoms with Gasteiger partial charge in [-0.2, -0.15) is 5.26 Å². The van der Waals surface area contributed by atoms with E-state index in [1.807, 2.05) is 4.90 Å². The lowest BCUT2D eigenvalue weighted by atomic mass is 9.85. The standard InChI is InChI=1S/C18H28N4O3/c19-12-16-2-1-7-22(16)17(23)13-20-15-5-3-14(4-6-15)18(24)21-8-10-25-11-9-21/h14-16,20H,1-11,13H2. The number of hydrogen-bond donors (Lipinski definition) is 1. The van der Waals surface area contributed by atoms with Crippen molar-refractivity contribution in [3.05, 3.63) is 0 Å². The zero-order valence-corrected chi connectivity index (χ0v) is 14.8. The molecule has 2 heterocycles. The average molecular weight is 348 g/mol. The fourth-order valence-electron chi connectivity index (χ4n) is 4.12. The van der Waals surface area contributed by atoms with Crippen LogP contribution in [-0.2, 0) is 14.3 Å². The third kappa shape index (κ3) is 4.50. The Morgan fingerprint density at radius 1 is 1.08 bits per heavy atom. The van der Waals surface area contributed by atoms with Gasteiger partial charge in [0.15, 0.2) is 0 Å². The second-order valence-corrected chi connectivity index (χ2v) is 7.24. The van der Waals surface area contributed by atoms with E-state index in [0.717, 1.165) is 38.5 Å². The molecule has 0 spiro atoms. The van der Waals surface area contributed by atoms with Crippen LogP contribution in [0, 0.1) is 17.2 Å². The van der Waals surface area contributed by atoms with E-state index in [0.29, 0.717) is 45.4 Å². The summed E-state index contributed by atoms with van der Waals surface area (Å²) in [7, 11) is 0. The van der Waals surface area contributed by atoms with E-state index in [1.54, 1.807) is 4.90 Å². The predicted molar refractivity (Wildman–Crippen MR) is 91.5 cm³/mol. The number of nitrogens with zero attached hydrogens (tertiary/aromatic N) is 3. The summed E-state index contributed by atoms with van der Waals surface area (Å²) in [4.78, 5) is 28.4. The minimum atomic E-state index is -0.254. The molecule has 1 saturated carbocycles. The van der Waals surface area contributed by atoms with Gasteiger partial charge in [0.1, 0.15) is 6.04 Å². The lowest BCUT2D eigenvalue weighted by molar-refractivity contribution is -0.141. The van der Waals surface area contributed by atoms with Crippen molar-refractivity contribution >= 4 is 11.8 Å². The minimum Gasteiger partial charge on any atom is -0.378 e. The number of carbonyl (C=O) groups is 2. The maximum atomic E-state index is 12.5. The third-order valence-electron chi connectivity index (χ3n) is 5.66. The lowest BCUT2D eigenvalue weighted by Crippen LogP contribution is -2.47. The van der Waals surface area contributed by atoms with E-state index in [4.69, 9.17) is 10.00 Å². The smallest absolute Gasteiger partial charge is 0.237 e. The van der Waals surface area contributed by atoms with Crippen LogP contribution in [-0.4, -0.2) is 73.1 Å². The fraction of sp³-hybridized carbons (Fsp3) is 0.833. The number of likely N-dealkylation sites (tertiary alicyclic amines) is 1. The number of carbonyl (C=O) groups excluding carboxylic acids is 2. The zero-order valence-electron chi connectivity index (χ0n) is 14.8. The molecule has 0 aromatic carbocycles. The molecule has 3 fully saturated rings. The maximum absolute atomic E-state index is 12.5. The Morgan fingerprint density at radius 3 is 2.48 bits per heavy atom. The number of morpholine rings is 1. The number of hydrogen-bond acceptors (Lipinski definition) is 5. The molecule has 2 aliphatic heterocycles. The first-order valence-electron chi connectivity index (χ1n) is 9.48. The number of amides is 2. The van der Waals surface area contributed by atoms with Crippen molar-refractivity contribution in [1.82, 2.24) is 15.1 Å². The maximum Gasteiger partial charge on any atom is 0.237 e. The van der Waals surface area contributed by atoms with Crippen molar-refractivity contribution in [2.24, 2.45) is 5.92 Å². The molecule has 0 aromatic rings. The van der Waals surface area contributed by atoms with E-state index in [-0.39, 0.29) is 23.8 Å². The largest absolute Gasteiger partial charge is 0.378 e. The Bertz CT molecular complexity index is 519. The summed E-state index contributed by atoms with van der Waals surface area (Å²) in [6.07, 6.45) is 5.32. The molecule has 1 N–H and O–H groups in total. The molecule has 3 aliphatic rings. The van der Waals surface area contributed by atoms with Gasteiger partial charge in [-0.15, -0.1) is 0 Å². The summed E-state index contributed by atoms with van der Waals surface area (Å²) in [5, 5.41) is 12.4. The summed E-state index contributed by atoms with van der Waals surface area (Å²) in [5.74, 6) is 0.413. The van der Waals surface area contributed by atoms with Gasteiger partial charge < -0.3 is 19.9 Å². The first-order valence-corrected chi connectivity index (χ1v) is 9.48. The highest BCUT2D eigenvalue weighted by Crippen LogP contribution is 2.26. The monoisotopic (exact) mass is 348 g/mol.